The van der Waals surface area contributed by atoms with Gasteiger partial charge in [0.2, 0.25) is 0 Å². The van der Waals surface area contributed by atoms with Crippen LogP contribution in [-0.4, -0.2) is 12.6 Å². The Balaban J connectivity index is 2.43. The summed E-state index contributed by atoms with van der Waals surface area (Å²) in [6.07, 6.45) is 4.04. The Kier molecular flexibility index (Phi) is 3.38. The van der Waals surface area contributed by atoms with Gasteiger partial charge in [0.15, 0.2) is 0 Å². The summed E-state index contributed by atoms with van der Waals surface area (Å²) in [6, 6.07) is 0.810. The predicted octanol–water partition coefficient (Wildman–Crippen LogP) is 2.42. The van der Waals surface area contributed by atoms with E-state index in [0.29, 0.717) is 0 Å². The highest BCUT2D eigenvalue weighted by Gasteiger charge is 2.27. The maximum Gasteiger partial charge on any atom is 0.0121 e. The molecule has 0 bridgehead atoms. The third-order valence-electron chi connectivity index (χ3n) is 3.15. The molecule has 0 aromatic carbocycles. The average Bonchev–Trinajstić information content (AvgIpc) is 2.40. The zero-order valence-electron chi connectivity index (χ0n) is 8.06. The second-order valence-corrected chi connectivity index (χ2v) is 3.82. The summed E-state index contributed by atoms with van der Waals surface area (Å²) in [4.78, 5) is 0. The van der Waals surface area contributed by atoms with Crippen LogP contribution in [0.4, 0.5) is 0 Å². The Morgan fingerprint density at radius 3 is 2.36 bits per heavy atom. The van der Waals surface area contributed by atoms with Crippen LogP contribution in [0.2, 0.25) is 0 Å². The summed E-state index contributed by atoms with van der Waals surface area (Å²) in [5, 5.41) is 3.61. The molecule has 1 fully saturated rings. The molecule has 1 saturated heterocycles. The lowest BCUT2D eigenvalue weighted by atomic mass is 9.87. The first-order chi connectivity index (χ1) is 5.29. The molecule has 0 amide bonds. The van der Waals surface area contributed by atoms with Gasteiger partial charge in [-0.15, -0.1) is 0 Å². The van der Waals surface area contributed by atoms with Crippen LogP contribution in [0.3, 0.4) is 0 Å². The summed E-state index contributed by atoms with van der Waals surface area (Å²) >= 11 is 0. The smallest absolute Gasteiger partial charge is 0.0121 e. The molecule has 0 aliphatic carbocycles. The molecule has 1 aliphatic rings. The Morgan fingerprint density at radius 1 is 1.36 bits per heavy atom. The summed E-state index contributed by atoms with van der Waals surface area (Å²) in [6.45, 7) is 8.23. The fourth-order valence-corrected chi connectivity index (χ4v) is 2.29. The Bertz CT molecular complexity index is 107. The number of nitrogens with one attached hydrogen (secondary N) is 1. The van der Waals surface area contributed by atoms with Gasteiger partial charge < -0.3 is 5.32 Å². The van der Waals surface area contributed by atoms with Gasteiger partial charge in [-0.2, -0.15) is 0 Å². The Hall–Kier alpha value is -0.0400. The molecule has 0 radical (unpaired) electrons. The minimum absolute atomic E-state index is 0.810. The van der Waals surface area contributed by atoms with Gasteiger partial charge in [0.25, 0.3) is 0 Å². The van der Waals surface area contributed by atoms with Crippen LogP contribution in [0, 0.1) is 11.8 Å². The fourth-order valence-electron chi connectivity index (χ4n) is 2.29. The van der Waals surface area contributed by atoms with Gasteiger partial charge >= 0.3 is 0 Å². The molecular formula is C10H21N. The predicted molar refractivity (Wildman–Crippen MR) is 49.6 cm³/mol. The van der Waals surface area contributed by atoms with E-state index in [2.05, 4.69) is 26.1 Å². The SMILES string of the molecule is CCC(CC)C1NCCC1C. The molecule has 66 valence electrons. The van der Waals surface area contributed by atoms with E-state index < -0.39 is 0 Å². The minimum atomic E-state index is 0.810. The second kappa shape index (κ2) is 4.10. The first kappa shape index (κ1) is 9.05. The summed E-state index contributed by atoms with van der Waals surface area (Å²) in [7, 11) is 0. The van der Waals surface area contributed by atoms with Crippen LogP contribution >= 0.6 is 0 Å². The van der Waals surface area contributed by atoms with Crippen molar-refractivity contribution in [3.05, 3.63) is 0 Å². The van der Waals surface area contributed by atoms with Crippen molar-refractivity contribution in [3.8, 4) is 0 Å². The molecule has 1 aliphatic heterocycles. The molecule has 2 atom stereocenters. The van der Waals surface area contributed by atoms with Crippen molar-refractivity contribution >= 4 is 0 Å². The van der Waals surface area contributed by atoms with E-state index in [1.165, 1.54) is 25.8 Å². The topological polar surface area (TPSA) is 12.0 Å². The molecule has 1 heterocycles. The first-order valence-corrected chi connectivity index (χ1v) is 5.03. The molecule has 0 saturated carbocycles. The summed E-state index contributed by atoms with van der Waals surface area (Å²) in [5.41, 5.74) is 0. The van der Waals surface area contributed by atoms with Crippen molar-refractivity contribution in [1.29, 1.82) is 0 Å². The van der Waals surface area contributed by atoms with Crippen molar-refractivity contribution in [2.24, 2.45) is 11.8 Å². The van der Waals surface area contributed by atoms with Crippen LogP contribution in [0.1, 0.15) is 40.0 Å². The molecule has 1 heteroatoms. The molecule has 0 spiro atoms. The summed E-state index contributed by atoms with van der Waals surface area (Å²) in [5.74, 6) is 1.81. The lowest BCUT2D eigenvalue weighted by molar-refractivity contribution is 0.313. The van der Waals surface area contributed by atoms with Crippen LogP contribution < -0.4 is 5.32 Å². The zero-order chi connectivity index (χ0) is 8.27. The third kappa shape index (κ3) is 1.96. The van der Waals surface area contributed by atoms with E-state index in [-0.39, 0.29) is 0 Å². The Labute approximate surface area is 70.6 Å². The molecule has 0 aromatic heterocycles. The van der Waals surface area contributed by atoms with Crippen molar-refractivity contribution in [1.82, 2.24) is 5.32 Å². The lowest BCUT2D eigenvalue weighted by Crippen LogP contribution is -2.33. The van der Waals surface area contributed by atoms with E-state index in [9.17, 15) is 0 Å². The van der Waals surface area contributed by atoms with Crippen molar-refractivity contribution < 1.29 is 0 Å². The second-order valence-electron chi connectivity index (χ2n) is 3.82. The van der Waals surface area contributed by atoms with E-state index in [1.807, 2.05) is 0 Å². The normalized spacial score (nSPS) is 31.6. The molecule has 11 heavy (non-hydrogen) atoms. The summed E-state index contributed by atoms with van der Waals surface area (Å²) < 4.78 is 0. The van der Waals surface area contributed by atoms with Crippen LogP contribution in [0.5, 0.6) is 0 Å². The monoisotopic (exact) mass is 155 g/mol. The quantitative estimate of drug-likeness (QED) is 0.660. The molecule has 1 rings (SSSR count). The Morgan fingerprint density at radius 2 is 2.00 bits per heavy atom. The van der Waals surface area contributed by atoms with Gasteiger partial charge in [0, 0.05) is 6.04 Å². The van der Waals surface area contributed by atoms with Crippen molar-refractivity contribution in [3.63, 3.8) is 0 Å². The van der Waals surface area contributed by atoms with Crippen LogP contribution in [0.15, 0.2) is 0 Å². The maximum atomic E-state index is 3.61. The number of hydrogen-bond donors (Lipinski definition) is 1. The molecular weight excluding hydrogens is 134 g/mol. The highest BCUT2D eigenvalue weighted by Crippen LogP contribution is 2.25. The van der Waals surface area contributed by atoms with Gasteiger partial charge in [-0.05, 0) is 24.8 Å². The molecule has 2 unspecified atom stereocenters. The van der Waals surface area contributed by atoms with E-state index in [4.69, 9.17) is 0 Å². The van der Waals surface area contributed by atoms with E-state index in [0.717, 1.165) is 17.9 Å². The average molecular weight is 155 g/mol. The molecule has 0 aromatic rings. The van der Waals surface area contributed by atoms with Gasteiger partial charge in [-0.1, -0.05) is 33.6 Å². The number of hydrogen-bond acceptors (Lipinski definition) is 1. The fraction of sp³-hybridized carbons (Fsp3) is 1.00. The first-order valence-electron chi connectivity index (χ1n) is 5.03. The highest BCUT2D eigenvalue weighted by atomic mass is 15.0. The zero-order valence-corrected chi connectivity index (χ0v) is 8.06. The maximum absolute atomic E-state index is 3.61. The van der Waals surface area contributed by atoms with Gasteiger partial charge in [-0.25, -0.2) is 0 Å². The van der Waals surface area contributed by atoms with Crippen molar-refractivity contribution in [2.75, 3.05) is 6.54 Å². The number of rotatable bonds is 3. The van der Waals surface area contributed by atoms with Crippen LogP contribution in [-0.2, 0) is 0 Å². The standard InChI is InChI=1S/C10H21N/c1-4-9(5-2)10-8(3)6-7-11-10/h8-11H,4-7H2,1-3H3. The van der Waals surface area contributed by atoms with Gasteiger partial charge in [0.05, 0.1) is 0 Å². The largest absolute Gasteiger partial charge is 0.313 e. The van der Waals surface area contributed by atoms with E-state index >= 15 is 0 Å². The van der Waals surface area contributed by atoms with E-state index in [1.54, 1.807) is 0 Å². The van der Waals surface area contributed by atoms with Crippen molar-refractivity contribution in [2.45, 2.75) is 46.1 Å². The van der Waals surface area contributed by atoms with Gasteiger partial charge in [0.1, 0.15) is 0 Å². The molecule has 1 N–H and O–H groups in total. The lowest BCUT2D eigenvalue weighted by Gasteiger charge is -2.24. The third-order valence-corrected chi connectivity index (χ3v) is 3.15. The minimum Gasteiger partial charge on any atom is -0.313 e. The van der Waals surface area contributed by atoms with Crippen LogP contribution in [0.25, 0.3) is 0 Å². The molecule has 1 nitrogen and oxygen atoms in total. The van der Waals surface area contributed by atoms with Gasteiger partial charge in [-0.3, -0.25) is 0 Å². The highest BCUT2D eigenvalue weighted by molar-refractivity contribution is 4.85.